The molecule has 0 saturated carbocycles. The van der Waals surface area contributed by atoms with E-state index in [-0.39, 0.29) is 17.6 Å². The molecule has 2 amide bonds. The van der Waals surface area contributed by atoms with Crippen LogP contribution in [0.3, 0.4) is 0 Å². The number of halogens is 1. The molecule has 0 saturated heterocycles. The Labute approximate surface area is 175 Å². The Balaban J connectivity index is 1.99. The average Bonchev–Trinajstić information content (AvgIpc) is 2.70. The van der Waals surface area contributed by atoms with Crippen LogP contribution < -0.4 is 10.9 Å². The minimum atomic E-state index is -0.364. The van der Waals surface area contributed by atoms with Gasteiger partial charge in [0, 0.05) is 24.3 Å². The lowest BCUT2D eigenvalue weighted by Gasteiger charge is -2.29. The van der Waals surface area contributed by atoms with Gasteiger partial charge < -0.3 is 10.2 Å². The van der Waals surface area contributed by atoms with Crippen molar-refractivity contribution in [3.05, 3.63) is 69.2 Å². The molecule has 0 spiro atoms. The Kier molecular flexibility index (Phi) is 6.23. The van der Waals surface area contributed by atoms with Gasteiger partial charge >= 0.3 is 6.03 Å². The number of hydrogen-bond acceptors (Lipinski definition) is 3. The summed E-state index contributed by atoms with van der Waals surface area (Å²) in [7, 11) is 1.71. The molecule has 29 heavy (non-hydrogen) atoms. The fraction of sp³-hybridized carbons (Fsp3) is 0.318. The molecule has 3 rings (SSSR count). The number of benzene rings is 2. The molecule has 1 unspecified atom stereocenters. The van der Waals surface area contributed by atoms with E-state index in [4.69, 9.17) is 16.6 Å². The van der Waals surface area contributed by atoms with Gasteiger partial charge in [-0.05, 0) is 50.6 Å². The number of urea groups is 1. The van der Waals surface area contributed by atoms with E-state index >= 15 is 0 Å². The number of carbonyl (C=O) groups excluding carboxylic acids is 1. The van der Waals surface area contributed by atoms with Crippen LogP contribution in [0, 0.1) is 6.92 Å². The standard InChI is InChI=1S/C22H25ClN4O2/c1-5-19(26(4)22(29)24-16-10-7-14(3)8-11-16)20-25-18-13-15(23)9-12-17(18)21(28)27(20)6-2/h7-13,19H,5-6H2,1-4H3,(H,24,29). The first kappa shape index (κ1) is 20.9. The van der Waals surface area contributed by atoms with Crippen LogP contribution in [0.2, 0.25) is 5.02 Å². The number of amides is 2. The van der Waals surface area contributed by atoms with E-state index in [1.807, 2.05) is 45.0 Å². The third-order valence-corrected chi connectivity index (χ3v) is 5.27. The summed E-state index contributed by atoms with van der Waals surface area (Å²) in [6.07, 6.45) is 0.607. The van der Waals surface area contributed by atoms with Gasteiger partial charge in [0.2, 0.25) is 0 Å². The second-order valence-corrected chi connectivity index (χ2v) is 7.45. The van der Waals surface area contributed by atoms with Crippen molar-refractivity contribution in [2.75, 3.05) is 12.4 Å². The van der Waals surface area contributed by atoms with Crippen molar-refractivity contribution in [1.29, 1.82) is 0 Å². The zero-order valence-corrected chi connectivity index (χ0v) is 17.8. The molecule has 3 aromatic rings. The van der Waals surface area contributed by atoms with Crippen molar-refractivity contribution in [3.8, 4) is 0 Å². The molecule has 1 heterocycles. The third-order valence-electron chi connectivity index (χ3n) is 5.04. The van der Waals surface area contributed by atoms with Gasteiger partial charge in [-0.3, -0.25) is 9.36 Å². The summed E-state index contributed by atoms with van der Waals surface area (Å²) in [6.45, 7) is 6.32. The van der Waals surface area contributed by atoms with E-state index in [9.17, 15) is 9.59 Å². The van der Waals surface area contributed by atoms with Crippen LogP contribution >= 0.6 is 11.6 Å². The fourth-order valence-electron chi connectivity index (χ4n) is 3.39. The van der Waals surface area contributed by atoms with Crippen molar-refractivity contribution in [1.82, 2.24) is 14.5 Å². The summed E-state index contributed by atoms with van der Waals surface area (Å²) >= 11 is 6.10. The van der Waals surface area contributed by atoms with Crippen molar-refractivity contribution in [2.24, 2.45) is 0 Å². The molecule has 6 nitrogen and oxygen atoms in total. The van der Waals surface area contributed by atoms with Crippen molar-refractivity contribution >= 4 is 34.2 Å². The minimum absolute atomic E-state index is 0.130. The lowest BCUT2D eigenvalue weighted by Crippen LogP contribution is -2.38. The lowest BCUT2D eigenvalue weighted by molar-refractivity contribution is 0.198. The van der Waals surface area contributed by atoms with E-state index in [0.29, 0.717) is 40.4 Å². The quantitative estimate of drug-likeness (QED) is 0.641. The van der Waals surface area contributed by atoms with Crippen LogP contribution in [0.5, 0.6) is 0 Å². The number of aryl methyl sites for hydroxylation is 1. The van der Waals surface area contributed by atoms with Gasteiger partial charge in [-0.25, -0.2) is 9.78 Å². The highest BCUT2D eigenvalue weighted by Gasteiger charge is 2.25. The maximum Gasteiger partial charge on any atom is 0.322 e. The molecule has 152 valence electrons. The SMILES string of the molecule is CCC(c1nc2cc(Cl)ccc2c(=O)n1CC)N(C)C(=O)Nc1ccc(C)cc1. The average molecular weight is 413 g/mol. The van der Waals surface area contributed by atoms with Crippen molar-refractivity contribution in [3.63, 3.8) is 0 Å². The first-order valence-electron chi connectivity index (χ1n) is 9.66. The summed E-state index contributed by atoms with van der Waals surface area (Å²) in [4.78, 5) is 32.1. The molecule has 0 bridgehead atoms. The summed E-state index contributed by atoms with van der Waals surface area (Å²) < 4.78 is 1.63. The van der Waals surface area contributed by atoms with Crippen molar-refractivity contribution in [2.45, 2.75) is 39.8 Å². The zero-order valence-electron chi connectivity index (χ0n) is 17.1. The molecule has 1 aromatic heterocycles. The summed E-state index contributed by atoms with van der Waals surface area (Å²) in [5, 5.41) is 3.93. The van der Waals surface area contributed by atoms with Gasteiger partial charge in [-0.15, -0.1) is 0 Å². The van der Waals surface area contributed by atoms with E-state index in [1.54, 1.807) is 34.7 Å². The second kappa shape index (κ2) is 8.66. The number of hydrogen-bond donors (Lipinski definition) is 1. The molecule has 1 N–H and O–H groups in total. The Morgan fingerprint density at radius 1 is 1.21 bits per heavy atom. The molecule has 0 aliphatic heterocycles. The second-order valence-electron chi connectivity index (χ2n) is 7.01. The minimum Gasteiger partial charge on any atom is -0.317 e. The molecular weight excluding hydrogens is 388 g/mol. The predicted octanol–water partition coefficient (Wildman–Crippen LogP) is 4.99. The first-order valence-corrected chi connectivity index (χ1v) is 10.0. The predicted molar refractivity (Wildman–Crippen MR) is 118 cm³/mol. The van der Waals surface area contributed by atoms with Gasteiger partial charge in [0.05, 0.1) is 16.9 Å². The molecule has 0 radical (unpaired) electrons. The molecule has 1 atom stereocenters. The highest BCUT2D eigenvalue weighted by Crippen LogP contribution is 2.24. The first-order chi connectivity index (χ1) is 13.8. The van der Waals surface area contributed by atoms with Crippen LogP contribution in [0.15, 0.2) is 47.3 Å². The van der Waals surface area contributed by atoms with Crippen LogP contribution in [0.1, 0.15) is 37.7 Å². The summed E-state index contributed by atoms with van der Waals surface area (Å²) in [5.41, 5.74) is 2.24. The van der Waals surface area contributed by atoms with E-state index in [2.05, 4.69) is 5.32 Å². The van der Waals surface area contributed by atoms with Crippen LogP contribution in [-0.4, -0.2) is 27.5 Å². The Hall–Kier alpha value is -2.86. The summed E-state index contributed by atoms with van der Waals surface area (Å²) in [6, 6.07) is 12.0. The number of fused-ring (bicyclic) bond motifs is 1. The Morgan fingerprint density at radius 3 is 2.52 bits per heavy atom. The van der Waals surface area contributed by atoms with Gasteiger partial charge in [-0.2, -0.15) is 0 Å². The fourth-order valence-corrected chi connectivity index (χ4v) is 3.56. The number of rotatable bonds is 5. The normalized spacial score (nSPS) is 12.0. The maximum absolute atomic E-state index is 13.0. The highest BCUT2D eigenvalue weighted by molar-refractivity contribution is 6.31. The van der Waals surface area contributed by atoms with Gasteiger partial charge in [0.1, 0.15) is 5.82 Å². The Morgan fingerprint density at radius 2 is 1.90 bits per heavy atom. The maximum atomic E-state index is 13.0. The smallest absolute Gasteiger partial charge is 0.317 e. The van der Waals surface area contributed by atoms with Gasteiger partial charge in [0.15, 0.2) is 0 Å². The Bertz CT molecular complexity index is 1090. The van der Waals surface area contributed by atoms with Crippen molar-refractivity contribution < 1.29 is 4.79 Å². The number of aromatic nitrogens is 2. The molecule has 0 aliphatic carbocycles. The van der Waals surface area contributed by atoms with Crippen LogP contribution in [-0.2, 0) is 6.54 Å². The van der Waals surface area contributed by atoms with Crippen LogP contribution in [0.4, 0.5) is 10.5 Å². The van der Waals surface area contributed by atoms with Gasteiger partial charge in [0.25, 0.3) is 5.56 Å². The number of nitrogens with one attached hydrogen (secondary N) is 1. The molecule has 0 aliphatic rings. The van der Waals surface area contributed by atoms with E-state index < -0.39 is 0 Å². The molecule has 2 aromatic carbocycles. The molecular formula is C22H25ClN4O2. The zero-order chi connectivity index (χ0) is 21.1. The topological polar surface area (TPSA) is 67.2 Å². The van der Waals surface area contributed by atoms with Gasteiger partial charge in [-0.1, -0.05) is 36.2 Å². The monoisotopic (exact) mass is 412 g/mol. The van der Waals surface area contributed by atoms with Crippen LogP contribution in [0.25, 0.3) is 10.9 Å². The number of anilines is 1. The van der Waals surface area contributed by atoms with E-state index in [0.717, 1.165) is 5.56 Å². The highest BCUT2D eigenvalue weighted by atomic mass is 35.5. The molecule has 7 heteroatoms. The summed E-state index contributed by atoms with van der Waals surface area (Å²) in [5.74, 6) is 0.552. The third kappa shape index (κ3) is 4.27. The lowest BCUT2D eigenvalue weighted by atomic mass is 10.1. The molecule has 0 fully saturated rings. The largest absolute Gasteiger partial charge is 0.322 e. The number of carbonyl (C=O) groups is 1. The van der Waals surface area contributed by atoms with E-state index in [1.165, 1.54) is 0 Å². The number of nitrogens with zero attached hydrogens (tertiary/aromatic N) is 3.